The van der Waals surface area contributed by atoms with E-state index in [4.69, 9.17) is 0 Å². The maximum absolute atomic E-state index is 12.8. The van der Waals surface area contributed by atoms with Crippen molar-refractivity contribution >= 4 is 28.0 Å². The Bertz CT molecular complexity index is 1450. The molecule has 0 aliphatic heterocycles. The number of nitrogens with one attached hydrogen (secondary N) is 1. The number of nitrogens with zero attached hydrogens (tertiary/aromatic N) is 5. The Hall–Kier alpha value is -4.00. The van der Waals surface area contributed by atoms with Crippen molar-refractivity contribution in [2.45, 2.75) is 39.9 Å². The summed E-state index contributed by atoms with van der Waals surface area (Å²) in [5.74, 6) is -0.131. The molecule has 0 radical (unpaired) electrons. The first kappa shape index (κ1) is 20.9. The van der Waals surface area contributed by atoms with E-state index < -0.39 is 0 Å². The monoisotopic (exact) mass is 438 g/mol. The maximum atomic E-state index is 12.8. The first-order valence-corrected chi connectivity index (χ1v) is 11.1. The van der Waals surface area contributed by atoms with Gasteiger partial charge in [-0.1, -0.05) is 36.4 Å². The number of para-hydroxylation sites is 2. The van der Waals surface area contributed by atoms with Crippen LogP contribution in [0.4, 0.5) is 0 Å². The predicted molar refractivity (Wildman–Crippen MR) is 129 cm³/mol. The third-order valence-corrected chi connectivity index (χ3v) is 5.85. The van der Waals surface area contributed by atoms with E-state index >= 15 is 0 Å². The lowest BCUT2D eigenvalue weighted by atomic mass is 10.1. The first-order valence-electron chi connectivity index (χ1n) is 11.1. The number of hydrogen-bond donors (Lipinski definition) is 1. The Morgan fingerprint density at radius 3 is 2.61 bits per heavy atom. The molecule has 1 N–H and O–H groups in total. The van der Waals surface area contributed by atoms with Gasteiger partial charge in [-0.05, 0) is 50.1 Å². The molecule has 0 fully saturated rings. The highest BCUT2D eigenvalue weighted by Gasteiger charge is 2.15. The van der Waals surface area contributed by atoms with E-state index in [1.54, 1.807) is 6.20 Å². The molecule has 7 nitrogen and oxygen atoms in total. The fourth-order valence-electron chi connectivity index (χ4n) is 4.05. The molecule has 0 atom stereocenters. The van der Waals surface area contributed by atoms with Crippen LogP contribution in [-0.2, 0) is 13.1 Å². The number of rotatable bonds is 6. The second-order valence-corrected chi connectivity index (χ2v) is 8.58. The van der Waals surface area contributed by atoms with Crippen LogP contribution < -0.4 is 5.32 Å². The van der Waals surface area contributed by atoms with Gasteiger partial charge in [0.1, 0.15) is 0 Å². The number of amides is 1. The molecule has 0 aliphatic rings. The summed E-state index contributed by atoms with van der Waals surface area (Å²) in [5, 5.41) is 8.29. The minimum atomic E-state index is -0.131. The van der Waals surface area contributed by atoms with Gasteiger partial charge in [-0.15, -0.1) is 0 Å². The van der Waals surface area contributed by atoms with E-state index in [2.05, 4.69) is 69.1 Å². The largest absolute Gasteiger partial charge is 0.348 e. The molecule has 0 saturated heterocycles. The third kappa shape index (κ3) is 4.09. The zero-order chi connectivity index (χ0) is 22.9. The summed E-state index contributed by atoms with van der Waals surface area (Å²) in [4.78, 5) is 21.9. The minimum absolute atomic E-state index is 0.131. The highest BCUT2D eigenvalue weighted by Crippen LogP contribution is 2.19. The van der Waals surface area contributed by atoms with Crippen LogP contribution in [0.25, 0.3) is 22.1 Å². The summed E-state index contributed by atoms with van der Waals surface area (Å²) in [6.45, 7) is 7.19. The molecule has 5 rings (SSSR count). The molecule has 3 heterocycles. The Morgan fingerprint density at radius 2 is 1.82 bits per heavy atom. The van der Waals surface area contributed by atoms with Crippen molar-refractivity contribution in [1.82, 2.24) is 29.6 Å². The fourth-order valence-corrected chi connectivity index (χ4v) is 4.05. The minimum Gasteiger partial charge on any atom is -0.348 e. The molecule has 0 bridgehead atoms. The van der Waals surface area contributed by atoms with Crippen molar-refractivity contribution in [2.75, 3.05) is 0 Å². The van der Waals surface area contributed by atoms with Gasteiger partial charge in [0.2, 0.25) is 0 Å². The molecule has 166 valence electrons. The number of imidazole rings is 1. The summed E-state index contributed by atoms with van der Waals surface area (Å²) in [5.41, 5.74) is 6.42. The van der Waals surface area contributed by atoms with Gasteiger partial charge >= 0.3 is 0 Å². The molecule has 5 aromatic rings. The average molecular weight is 439 g/mol. The van der Waals surface area contributed by atoms with Crippen LogP contribution in [0.3, 0.4) is 0 Å². The number of pyridine rings is 1. The Balaban J connectivity index is 1.26. The second-order valence-electron chi connectivity index (χ2n) is 8.58. The fraction of sp³-hybridized carbons (Fsp3) is 0.231. The summed E-state index contributed by atoms with van der Waals surface area (Å²) in [6.07, 6.45) is 3.64. The van der Waals surface area contributed by atoms with Gasteiger partial charge in [-0.2, -0.15) is 5.10 Å². The molecule has 0 spiro atoms. The second kappa shape index (κ2) is 8.50. The average Bonchev–Trinajstić information content (AvgIpc) is 3.42. The van der Waals surface area contributed by atoms with E-state index in [0.717, 1.165) is 34.2 Å². The molecule has 0 saturated carbocycles. The summed E-state index contributed by atoms with van der Waals surface area (Å²) >= 11 is 0. The van der Waals surface area contributed by atoms with Gasteiger partial charge in [0.05, 0.1) is 34.8 Å². The van der Waals surface area contributed by atoms with Gasteiger partial charge in [0, 0.05) is 24.5 Å². The van der Waals surface area contributed by atoms with Crippen molar-refractivity contribution in [3.05, 3.63) is 89.5 Å². The lowest BCUT2D eigenvalue weighted by Gasteiger charge is -2.10. The van der Waals surface area contributed by atoms with Crippen LogP contribution >= 0.6 is 0 Å². The molecule has 3 aromatic heterocycles. The van der Waals surface area contributed by atoms with Gasteiger partial charge in [0.25, 0.3) is 5.91 Å². The van der Waals surface area contributed by atoms with E-state index in [-0.39, 0.29) is 11.9 Å². The molecular formula is C26H26N6O. The van der Waals surface area contributed by atoms with Crippen LogP contribution in [0.1, 0.15) is 47.1 Å². The number of carbonyl (C=O) groups is 1. The number of hydrogen-bond acceptors (Lipinski definition) is 4. The summed E-state index contributed by atoms with van der Waals surface area (Å²) in [6, 6.07) is 18.5. The molecule has 2 aromatic carbocycles. The molecule has 0 unspecified atom stereocenters. The number of fused-ring (bicyclic) bond motifs is 2. The zero-order valence-electron chi connectivity index (χ0n) is 19.0. The van der Waals surface area contributed by atoms with Gasteiger partial charge in [-0.3, -0.25) is 4.79 Å². The van der Waals surface area contributed by atoms with Crippen molar-refractivity contribution in [2.24, 2.45) is 0 Å². The smallest absolute Gasteiger partial charge is 0.253 e. The van der Waals surface area contributed by atoms with Crippen molar-refractivity contribution < 1.29 is 4.79 Å². The lowest BCUT2D eigenvalue weighted by Crippen LogP contribution is -2.24. The predicted octanol–water partition coefficient (Wildman–Crippen LogP) is 4.65. The normalized spacial score (nSPS) is 11.5. The van der Waals surface area contributed by atoms with Crippen molar-refractivity contribution in [3.63, 3.8) is 0 Å². The topological polar surface area (TPSA) is 77.6 Å². The number of aromatic nitrogens is 5. The third-order valence-electron chi connectivity index (χ3n) is 5.85. The summed E-state index contributed by atoms with van der Waals surface area (Å²) < 4.78 is 4.01. The molecule has 0 aliphatic carbocycles. The molecular weight excluding hydrogens is 412 g/mol. The highest BCUT2D eigenvalue weighted by atomic mass is 16.1. The van der Waals surface area contributed by atoms with Crippen LogP contribution in [0.15, 0.2) is 67.1 Å². The van der Waals surface area contributed by atoms with E-state index in [1.165, 1.54) is 5.56 Å². The molecule has 7 heteroatoms. The van der Waals surface area contributed by atoms with Crippen molar-refractivity contribution in [1.29, 1.82) is 0 Å². The Kier molecular flexibility index (Phi) is 5.38. The zero-order valence-corrected chi connectivity index (χ0v) is 19.0. The number of aryl methyl sites for hydroxylation is 1. The Labute approximate surface area is 192 Å². The number of benzene rings is 2. The molecule has 33 heavy (non-hydrogen) atoms. The lowest BCUT2D eigenvalue weighted by molar-refractivity contribution is 0.0950. The SMILES string of the molecule is Cc1nc2c(cnn2C(C)C)cc1C(=O)NCc1ccc(Cn2cnc3ccccc32)cc1. The van der Waals surface area contributed by atoms with Crippen molar-refractivity contribution in [3.8, 4) is 0 Å². The van der Waals surface area contributed by atoms with Gasteiger partial charge in [0.15, 0.2) is 5.65 Å². The van der Waals surface area contributed by atoms with Crippen LogP contribution in [0.2, 0.25) is 0 Å². The van der Waals surface area contributed by atoms with E-state index in [1.807, 2.05) is 42.2 Å². The number of carbonyl (C=O) groups excluding carboxylic acids is 1. The summed E-state index contributed by atoms with van der Waals surface area (Å²) in [7, 11) is 0. The quantitative estimate of drug-likeness (QED) is 0.419. The first-order chi connectivity index (χ1) is 16.0. The standard InChI is InChI=1S/C26H26N6O/c1-17(2)32-25-21(14-29-32)12-22(18(3)30-25)26(33)27-13-19-8-10-20(11-9-19)15-31-16-28-23-6-4-5-7-24(23)31/h4-12,14,16-17H,13,15H2,1-3H3,(H,27,33). The van der Waals surface area contributed by atoms with Gasteiger partial charge < -0.3 is 9.88 Å². The maximum Gasteiger partial charge on any atom is 0.253 e. The van der Waals surface area contributed by atoms with E-state index in [9.17, 15) is 4.79 Å². The Morgan fingerprint density at radius 1 is 1.06 bits per heavy atom. The van der Waals surface area contributed by atoms with Crippen LogP contribution in [0, 0.1) is 6.92 Å². The van der Waals surface area contributed by atoms with E-state index in [0.29, 0.717) is 17.8 Å². The van der Waals surface area contributed by atoms with Gasteiger partial charge in [-0.25, -0.2) is 14.6 Å². The molecule has 1 amide bonds. The van der Waals surface area contributed by atoms with Crippen LogP contribution in [0.5, 0.6) is 0 Å². The van der Waals surface area contributed by atoms with Crippen LogP contribution in [-0.4, -0.2) is 30.2 Å². The highest BCUT2D eigenvalue weighted by molar-refractivity contribution is 5.98.